The Morgan fingerprint density at radius 3 is 2.86 bits per heavy atom. The van der Waals surface area contributed by atoms with Crippen LogP contribution in [0.3, 0.4) is 0 Å². The molecule has 1 rings (SSSR count). The molecule has 2 N–H and O–H groups in total. The molecular formula is C11H23NO2. The van der Waals surface area contributed by atoms with Gasteiger partial charge in [0.25, 0.3) is 0 Å². The molecular weight excluding hydrogens is 178 g/mol. The molecule has 14 heavy (non-hydrogen) atoms. The second kappa shape index (κ2) is 5.69. The van der Waals surface area contributed by atoms with Gasteiger partial charge in [-0.05, 0) is 39.0 Å². The van der Waals surface area contributed by atoms with Gasteiger partial charge in [-0.15, -0.1) is 0 Å². The normalized spacial score (nSPS) is 30.2. The molecule has 1 aliphatic rings. The van der Waals surface area contributed by atoms with Crippen LogP contribution in [-0.4, -0.2) is 32.0 Å². The first-order valence-electron chi connectivity index (χ1n) is 5.57. The molecule has 2 atom stereocenters. The predicted molar refractivity (Wildman–Crippen MR) is 57.3 cm³/mol. The van der Waals surface area contributed by atoms with Gasteiger partial charge in [0.2, 0.25) is 0 Å². The highest BCUT2D eigenvalue weighted by Gasteiger charge is 2.33. The number of hydrogen-bond donors (Lipinski definition) is 1. The van der Waals surface area contributed by atoms with E-state index in [0.29, 0.717) is 0 Å². The summed E-state index contributed by atoms with van der Waals surface area (Å²) in [6, 6.07) is 0.151. The lowest BCUT2D eigenvalue weighted by molar-refractivity contribution is -0.0831. The highest BCUT2D eigenvalue weighted by Crippen LogP contribution is 2.28. The Labute approximate surface area is 86.9 Å². The maximum absolute atomic E-state index is 6.14. The third-order valence-corrected chi connectivity index (χ3v) is 3.15. The highest BCUT2D eigenvalue weighted by molar-refractivity contribution is 4.89. The lowest BCUT2D eigenvalue weighted by Gasteiger charge is -2.38. The average molecular weight is 201 g/mol. The zero-order valence-corrected chi connectivity index (χ0v) is 9.42. The smallest absolute Gasteiger partial charge is 0.0804 e. The lowest BCUT2D eigenvalue weighted by Crippen LogP contribution is -2.49. The van der Waals surface area contributed by atoms with E-state index >= 15 is 0 Å². The summed E-state index contributed by atoms with van der Waals surface area (Å²) >= 11 is 0. The summed E-state index contributed by atoms with van der Waals surface area (Å²) in [5, 5.41) is 0. The molecule has 84 valence electrons. The lowest BCUT2D eigenvalue weighted by atomic mass is 9.86. The van der Waals surface area contributed by atoms with Gasteiger partial charge in [0.15, 0.2) is 0 Å². The summed E-state index contributed by atoms with van der Waals surface area (Å²) in [6.07, 6.45) is 5.54. The van der Waals surface area contributed by atoms with Crippen molar-refractivity contribution in [2.45, 2.75) is 50.7 Å². The van der Waals surface area contributed by atoms with Crippen molar-refractivity contribution < 1.29 is 9.47 Å². The van der Waals surface area contributed by atoms with Crippen molar-refractivity contribution in [2.24, 2.45) is 5.73 Å². The minimum absolute atomic E-state index is 0.0913. The van der Waals surface area contributed by atoms with Gasteiger partial charge in [-0.25, -0.2) is 0 Å². The molecule has 0 aromatic rings. The molecule has 0 aliphatic carbocycles. The number of methoxy groups -OCH3 is 1. The molecule has 0 radical (unpaired) electrons. The van der Waals surface area contributed by atoms with E-state index in [9.17, 15) is 0 Å². The molecule has 0 aromatic carbocycles. The largest absolute Gasteiger partial charge is 0.385 e. The van der Waals surface area contributed by atoms with Crippen LogP contribution in [0, 0.1) is 0 Å². The molecule has 3 heteroatoms. The number of rotatable bonds is 5. The summed E-state index contributed by atoms with van der Waals surface area (Å²) in [5.74, 6) is 0. The van der Waals surface area contributed by atoms with Crippen molar-refractivity contribution in [1.82, 2.24) is 0 Å². The van der Waals surface area contributed by atoms with Gasteiger partial charge in [0.1, 0.15) is 0 Å². The van der Waals surface area contributed by atoms with E-state index in [1.54, 1.807) is 7.11 Å². The van der Waals surface area contributed by atoms with E-state index in [-0.39, 0.29) is 11.6 Å². The number of nitrogens with two attached hydrogens (primary N) is 1. The van der Waals surface area contributed by atoms with Crippen molar-refractivity contribution in [2.75, 3.05) is 20.3 Å². The van der Waals surface area contributed by atoms with Crippen LogP contribution in [0.1, 0.15) is 39.0 Å². The Hall–Kier alpha value is -0.120. The van der Waals surface area contributed by atoms with Crippen LogP contribution in [0.15, 0.2) is 0 Å². The van der Waals surface area contributed by atoms with E-state index in [1.807, 2.05) is 0 Å². The van der Waals surface area contributed by atoms with Gasteiger partial charge in [-0.2, -0.15) is 0 Å². The summed E-state index contributed by atoms with van der Waals surface area (Å²) in [6.45, 7) is 3.81. The highest BCUT2D eigenvalue weighted by atomic mass is 16.5. The van der Waals surface area contributed by atoms with Gasteiger partial charge < -0.3 is 15.2 Å². The zero-order chi connectivity index (χ0) is 10.4. The van der Waals surface area contributed by atoms with Crippen LogP contribution >= 0.6 is 0 Å². The first-order chi connectivity index (χ1) is 6.69. The fourth-order valence-electron chi connectivity index (χ4n) is 2.00. The van der Waals surface area contributed by atoms with E-state index < -0.39 is 0 Å². The first kappa shape index (κ1) is 12.0. The number of ether oxygens (including phenoxy) is 2. The summed E-state index contributed by atoms with van der Waals surface area (Å²) in [5.41, 5.74) is 6.05. The van der Waals surface area contributed by atoms with Crippen LogP contribution in [0.25, 0.3) is 0 Å². The summed E-state index contributed by atoms with van der Waals surface area (Å²) in [4.78, 5) is 0. The van der Waals surface area contributed by atoms with E-state index in [2.05, 4.69) is 6.92 Å². The third kappa shape index (κ3) is 3.23. The zero-order valence-electron chi connectivity index (χ0n) is 9.42. The molecule has 0 aromatic heterocycles. The fraction of sp³-hybridized carbons (Fsp3) is 1.00. The second-order valence-electron chi connectivity index (χ2n) is 4.36. The predicted octanol–water partition coefficient (Wildman–Crippen LogP) is 1.70. The molecule has 3 nitrogen and oxygen atoms in total. The van der Waals surface area contributed by atoms with Crippen molar-refractivity contribution in [3.8, 4) is 0 Å². The Kier molecular flexibility index (Phi) is 4.85. The maximum atomic E-state index is 6.14. The van der Waals surface area contributed by atoms with Gasteiger partial charge in [-0.3, -0.25) is 0 Å². The van der Waals surface area contributed by atoms with Crippen molar-refractivity contribution in [3.05, 3.63) is 0 Å². The first-order valence-corrected chi connectivity index (χ1v) is 5.57. The quantitative estimate of drug-likeness (QED) is 0.689. The minimum atomic E-state index is -0.0913. The monoisotopic (exact) mass is 201 g/mol. The molecule has 0 bridgehead atoms. The van der Waals surface area contributed by atoms with E-state index in [0.717, 1.165) is 32.5 Å². The average Bonchev–Trinajstić information content (AvgIpc) is 2.19. The van der Waals surface area contributed by atoms with Gasteiger partial charge in [0, 0.05) is 26.4 Å². The van der Waals surface area contributed by atoms with Gasteiger partial charge in [-0.1, -0.05) is 0 Å². The Morgan fingerprint density at radius 1 is 1.50 bits per heavy atom. The molecule has 1 aliphatic heterocycles. The van der Waals surface area contributed by atoms with Crippen molar-refractivity contribution in [1.29, 1.82) is 0 Å². The molecule has 1 heterocycles. The molecule has 0 amide bonds. The topological polar surface area (TPSA) is 44.5 Å². The van der Waals surface area contributed by atoms with Gasteiger partial charge in [0.05, 0.1) is 5.60 Å². The van der Waals surface area contributed by atoms with Crippen LogP contribution in [0.2, 0.25) is 0 Å². The second-order valence-corrected chi connectivity index (χ2v) is 4.36. The summed E-state index contributed by atoms with van der Waals surface area (Å²) < 4.78 is 10.8. The van der Waals surface area contributed by atoms with Crippen molar-refractivity contribution >= 4 is 0 Å². The molecule has 2 unspecified atom stereocenters. The van der Waals surface area contributed by atoms with Crippen LogP contribution in [-0.2, 0) is 9.47 Å². The third-order valence-electron chi connectivity index (χ3n) is 3.15. The molecule has 1 fully saturated rings. The maximum Gasteiger partial charge on any atom is 0.0804 e. The van der Waals surface area contributed by atoms with Crippen LogP contribution in [0.4, 0.5) is 0 Å². The Bertz CT molecular complexity index is 155. The molecule has 0 saturated carbocycles. The minimum Gasteiger partial charge on any atom is -0.385 e. The van der Waals surface area contributed by atoms with Crippen LogP contribution < -0.4 is 5.73 Å². The number of hydrogen-bond acceptors (Lipinski definition) is 3. The Morgan fingerprint density at radius 2 is 2.29 bits per heavy atom. The van der Waals surface area contributed by atoms with E-state index in [4.69, 9.17) is 15.2 Å². The fourth-order valence-corrected chi connectivity index (χ4v) is 2.00. The van der Waals surface area contributed by atoms with Crippen LogP contribution in [0.5, 0.6) is 0 Å². The SMILES string of the molecule is COCCCC(N)C1(C)CCCCO1. The summed E-state index contributed by atoms with van der Waals surface area (Å²) in [7, 11) is 1.73. The Balaban J connectivity index is 2.29. The van der Waals surface area contributed by atoms with Crippen molar-refractivity contribution in [3.63, 3.8) is 0 Å². The molecule has 1 saturated heterocycles. The van der Waals surface area contributed by atoms with Gasteiger partial charge >= 0.3 is 0 Å². The molecule has 0 spiro atoms. The van der Waals surface area contributed by atoms with E-state index in [1.165, 1.54) is 12.8 Å². The standard InChI is InChI=1S/C11H23NO2/c1-11(7-3-4-9-14-11)10(12)6-5-8-13-2/h10H,3-9,12H2,1-2H3.